The first-order valence-corrected chi connectivity index (χ1v) is 7.49. The fourth-order valence-electron chi connectivity index (χ4n) is 2.10. The summed E-state index contributed by atoms with van der Waals surface area (Å²) >= 11 is 6.10. The molecule has 0 N–H and O–H groups in total. The van der Waals surface area contributed by atoms with Crippen LogP contribution in [0.3, 0.4) is 0 Å². The number of carbonyl (C=O) groups excluding carboxylic acids is 2. The number of methoxy groups -OCH3 is 1. The monoisotopic (exact) mass is 332 g/mol. The van der Waals surface area contributed by atoms with E-state index in [0.717, 1.165) is 5.56 Å². The zero-order valence-corrected chi connectivity index (χ0v) is 13.5. The molecule has 0 spiro atoms. The van der Waals surface area contributed by atoms with Crippen molar-refractivity contribution in [3.63, 3.8) is 0 Å². The van der Waals surface area contributed by atoms with Gasteiger partial charge in [-0.05, 0) is 23.8 Å². The molecule has 1 amide bonds. The van der Waals surface area contributed by atoms with Crippen LogP contribution in [0.15, 0.2) is 48.8 Å². The average Bonchev–Trinajstić information content (AvgIpc) is 2.59. The minimum absolute atomic E-state index is 0.118. The van der Waals surface area contributed by atoms with Crippen LogP contribution in [-0.2, 0) is 16.1 Å². The molecule has 1 heterocycles. The van der Waals surface area contributed by atoms with Gasteiger partial charge in [0.15, 0.2) is 0 Å². The minimum atomic E-state index is -0.367. The lowest BCUT2D eigenvalue weighted by Gasteiger charge is -2.23. The molecule has 0 radical (unpaired) electrons. The van der Waals surface area contributed by atoms with Crippen molar-refractivity contribution in [3.8, 4) is 0 Å². The van der Waals surface area contributed by atoms with Crippen LogP contribution in [0.4, 0.5) is 0 Å². The average molecular weight is 333 g/mol. The van der Waals surface area contributed by atoms with Crippen molar-refractivity contribution < 1.29 is 14.3 Å². The van der Waals surface area contributed by atoms with Crippen LogP contribution < -0.4 is 0 Å². The molecule has 1 aromatic heterocycles. The molecule has 2 rings (SSSR count). The predicted octanol–water partition coefficient (Wildman–Crippen LogP) is 2.94. The van der Waals surface area contributed by atoms with Crippen LogP contribution in [0.2, 0.25) is 5.02 Å². The first-order chi connectivity index (χ1) is 11.1. The quantitative estimate of drug-likeness (QED) is 0.763. The van der Waals surface area contributed by atoms with E-state index in [9.17, 15) is 9.59 Å². The SMILES string of the molecule is COC(=O)CCN(Cc1cccnc1)C(=O)c1ccccc1Cl. The van der Waals surface area contributed by atoms with Gasteiger partial charge in [0.05, 0.1) is 24.1 Å². The lowest BCUT2D eigenvalue weighted by atomic mass is 10.1. The summed E-state index contributed by atoms with van der Waals surface area (Å²) in [5.41, 5.74) is 1.28. The molecule has 1 aromatic carbocycles. The molecule has 0 aliphatic carbocycles. The highest BCUT2D eigenvalue weighted by Gasteiger charge is 2.19. The Balaban J connectivity index is 2.20. The Hall–Kier alpha value is -2.40. The van der Waals surface area contributed by atoms with Gasteiger partial charge in [-0.25, -0.2) is 0 Å². The molecule has 0 saturated carbocycles. The van der Waals surface area contributed by atoms with Crippen molar-refractivity contribution in [2.45, 2.75) is 13.0 Å². The first kappa shape index (κ1) is 17.0. The number of rotatable bonds is 6. The van der Waals surface area contributed by atoms with Gasteiger partial charge in [0.2, 0.25) is 0 Å². The minimum Gasteiger partial charge on any atom is -0.469 e. The number of benzene rings is 1. The second kappa shape index (κ2) is 8.29. The van der Waals surface area contributed by atoms with E-state index in [2.05, 4.69) is 9.72 Å². The van der Waals surface area contributed by atoms with Gasteiger partial charge >= 0.3 is 5.97 Å². The van der Waals surface area contributed by atoms with E-state index in [1.807, 2.05) is 6.07 Å². The topological polar surface area (TPSA) is 59.5 Å². The Labute approximate surface area is 139 Å². The number of ether oxygens (including phenoxy) is 1. The highest BCUT2D eigenvalue weighted by molar-refractivity contribution is 6.33. The third-order valence-corrected chi connectivity index (χ3v) is 3.63. The molecule has 2 aromatic rings. The number of pyridine rings is 1. The Morgan fingerprint density at radius 2 is 2.00 bits per heavy atom. The number of amides is 1. The maximum Gasteiger partial charge on any atom is 0.307 e. The molecular weight excluding hydrogens is 316 g/mol. The summed E-state index contributed by atoms with van der Waals surface area (Å²) in [5.74, 6) is -0.600. The Morgan fingerprint density at radius 3 is 2.65 bits per heavy atom. The number of hydrogen-bond donors (Lipinski definition) is 0. The van der Waals surface area contributed by atoms with Crippen molar-refractivity contribution in [2.24, 2.45) is 0 Å². The summed E-state index contributed by atoms with van der Waals surface area (Å²) in [6.07, 6.45) is 3.47. The van der Waals surface area contributed by atoms with E-state index >= 15 is 0 Å². The van der Waals surface area contributed by atoms with Crippen molar-refractivity contribution in [1.82, 2.24) is 9.88 Å². The van der Waals surface area contributed by atoms with E-state index in [1.54, 1.807) is 47.6 Å². The van der Waals surface area contributed by atoms with Crippen LogP contribution in [0.25, 0.3) is 0 Å². The smallest absolute Gasteiger partial charge is 0.307 e. The number of hydrogen-bond acceptors (Lipinski definition) is 4. The van der Waals surface area contributed by atoms with Crippen LogP contribution in [0.1, 0.15) is 22.3 Å². The molecule has 0 bridgehead atoms. The summed E-state index contributed by atoms with van der Waals surface area (Å²) in [6, 6.07) is 10.5. The number of halogens is 1. The fourth-order valence-corrected chi connectivity index (χ4v) is 2.31. The van der Waals surface area contributed by atoms with Gasteiger partial charge in [-0.15, -0.1) is 0 Å². The molecular formula is C17H17ClN2O3. The second-order valence-corrected chi connectivity index (χ2v) is 5.30. The first-order valence-electron chi connectivity index (χ1n) is 7.11. The predicted molar refractivity (Wildman–Crippen MR) is 87.1 cm³/mol. The molecule has 0 aliphatic heterocycles. The zero-order chi connectivity index (χ0) is 16.7. The van der Waals surface area contributed by atoms with E-state index in [4.69, 9.17) is 11.6 Å². The number of nitrogens with zero attached hydrogens (tertiary/aromatic N) is 2. The third-order valence-electron chi connectivity index (χ3n) is 3.30. The maximum absolute atomic E-state index is 12.7. The van der Waals surface area contributed by atoms with E-state index in [-0.39, 0.29) is 24.8 Å². The second-order valence-electron chi connectivity index (χ2n) is 4.89. The highest BCUT2D eigenvalue weighted by Crippen LogP contribution is 2.18. The van der Waals surface area contributed by atoms with Gasteiger partial charge in [-0.3, -0.25) is 14.6 Å². The van der Waals surface area contributed by atoms with Gasteiger partial charge in [0.25, 0.3) is 5.91 Å². The zero-order valence-electron chi connectivity index (χ0n) is 12.7. The number of carbonyl (C=O) groups is 2. The van der Waals surface area contributed by atoms with E-state index < -0.39 is 0 Å². The van der Waals surface area contributed by atoms with Crippen molar-refractivity contribution in [1.29, 1.82) is 0 Å². The molecule has 5 nitrogen and oxygen atoms in total. The van der Waals surface area contributed by atoms with Crippen LogP contribution in [0.5, 0.6) is 0 Å². The molecule has 0 atom stereocenters. The van der Waals surface area contributed by atoms with Gasteiger partial charge in [0.1, 0.15) is 0 Å². The van der Waals surface area contributed by atoms with Gasteiger partial charge in [-0.2, -0.15) is 0 Å². The lowest BCUT2D eigenvalue weighted by molar-refractivity contribution is -0.140. The largest absolute Gasteiger partial charge is 0.469 e. The van der Waals surface area contributed by atoms with Gasteiger partial charge in [-0.1, -0.05) is 29.8 Å². The lowest BCUT2D eigenvalue weighted by Crippen LogP contribution is -2.33. The molecule has 0 saturated heterocycles. The van der Waals surface area contributed by atoms with Crippen molar-refractivity contribution in [2.75, 3.05) is 13.7 Å². The summed E-state index contributed by atoms with van der Waals surface area (Å²) in [6.45, 7) is 0.584. The summed E-state index contributed by atoms with van der Waals surface area (Å²) in [4.78, 5) is 29.7. The van der Waals surface area contributed by atoms with Crippen molar-refractivity contribution in [3.05, 3.63) is 64.9 Å². The maximum atomic E-state index is 12.7. The van der Waals surface area contributed by atoms with Gasteiger partial charge < -0.3 is 9.64 Å². The summed E-state index contributed by atoms with van der Waals surface area (Å²) < 4.78 is 4.64. The summed E-state index contributed by atoms with van der Waals surface area (Å²) in [7, 11) is 1.32. The standard InChI is InChI=1S/C17H17ClN2O3/c1-23-16(21)8-10-20(12-13-5-4-9-19-11-13)17(22)14-6-2-3-7-15(14)18/h2-7,9,11H,8,10,12H2,1H3. The van der Waals surface area contributed by atoms with Crippen LogP contribution >= 0.6 is 11.6 Å². The number of aromatic nitrogens is 1. The fraction of sp³-hybridized carbons (Fsp3) is 0.235. The summed E-state index contributed by atoms with van der Waals surface area (Å²) in [5, 5.41) is 0.381. The molecule has 23 heavy (non-hydrogen) atoms. The Kier molecular flexibility index (Phi) is 6.11. The molecule has 0 unspecified atom stereocenters. The van der Waals surface area contributed by atoms with Crippen LogP contribution in [0, 0.1) is 0 Å². The molecule has 0 aliphatic rings. The van der Waals surface area contributed by atoms with E-state index in [0.29, 0.717) is 17.1 Å². The van der Waals surface area contributed by atoms with E-state index in [1.165, 1.54) is 7.11 Å². The molecule has 0 fully saturated rings. The van der Waals surface area contributed by atoms with Crippen LogP contribution in [-0.4, -0.2) is 35.4 Å². The Bertz CT molecular complexity index is 677. The molecule has 120 valence electrons. The third kappa shape index (κ3) is 4.79. The highest BCUT2D eigenvalue weighted by atomic mass is 35.5. The Morgan fingerprint density at radius 1 is 1.22 bits per heavy atom. The van der Waals surface area contributed by atoms with Crippen molar-refractivity contribution >= 4 is 23.5 Å². The normalized spacial score (nSPS) is 10.2. The molecule has 6 heteroatoms. The number of esters is 1. The van der Waals surface area contributed by atoms with Gasteiger partial charge in [0, 0.05) is 25.5 Å².